The van der Waals surface area contributed by atoms with Gasteiger partial charge in [-0.05, 0) is 32.4 Å². The molecule has 5 heteroatoms. The van der Waals surface area contributed by atoms with Crippen LogP contribution in [-0.4, -0.2) is 27.7 Å². The number of aryl methyl sites for hydroxylation is 1. The van der Waals surface area contributed by atoms with E-state index in [0.29, 0.717) is 6.61 Å². The van der Waals surface area contributed by atoms with Gasteiger partial charge in [0, 0.05) is 6.61 Å². The molecule has 1 atom stereocenters. The molecule has 0 saturated carbocycles. The van der Waals surface area contributed by atoms with E-state index >= 15 is 0 Å². The predicted molar refractivity (Wildman–Crippen MR) is 74.6 cm³/mol. The molecular formula is C14H22O4S. The fourth-order valence-electron chi connectivity index (χ4n) is 1.44. The van der Waals surface area contributed by atoms with Gasteiger partial charge in [-0.3, -0.25) is 4.18 Å². The number of rotatable bonds is 8. The Balaban J connectivity index is 2.49. The maximum Gasteiger partial charge on any atom is 0.297 e. The van der Waals surface area contributed by atoms with Crippen molar-refractivity contribution in [1.82, 2.24) is 0 Å². The number of benzene rings is 1. The molecule has 0 bridgehead atoms. The molecule has 1 rings (SSSR count). The number of hydrogen-bond donors (Lipinski definition) is 0. The molecule has 0 spiro atoms. The summed E-state index contributed by atoms with van der Waals surface area (Å²) >= 11 is 0. The van der Waals surface area contributed by atoms with Gasteiger partial charge in [-0.25, -0.2) is 0 Å². The highest BCUT2D eigenvalue weighted by atomic mass is 32.2. The molecule has 0 aliphatic heterocycles. The SMILES string of the molecule is CCCCOC(C)COS(=O)(=O)c1ccc(C)cc1. The highest BCUT2D eigenvalue weighted by Crippen LogP contribution is 2.13. The lowest BCUT2D eigenvalue weighted by atomic mass is 10.2. The van der Waals surface area contributed by atoms with E-state index in [2.05, 4.69) is 6.92 Å². The van der Waals surface area contributed by atoms with Crippen molar-refractivity contribution >= 4 is 10.1 Å². The fourth-order valence-corrected chi connectivity index (χ4v) is 2.41. The van der Waals surface area contributed by atoms with Crippen LogP contribution in [0.25, 0.3) is 0 Å². The molecule has 0 aromatic heterocycles. The summed E-state index contributed by atoms with van der Waals surface area (Å²) in [5.41, 5.74) is 1.01. The topological polar surface area (TPSA) is 52.6 Å². The Kier molecular flexibility index (Phi) is 6.48. The first-order valence-corrected chi connectivity index (χ1v) is 7.94. The Morgan fingerprint density at radius 2 is 1.84 bits per heavy atom. The van der Waals surface area contributed by atoms with E-state index in [4.69, 9.17) is 8.92 Å². The number of unbranched alkanes of at least 4 members (excludes halogenated alkanes) is 1. The minimum absolute atomic E-state index is 0.0416. The van der Waals surface area contributed by atoms with Crippen molar-refractivity contribution in [3.63, 3.8) is 0 Å². The third kappa shape index (κ3) is 5.72. The molecule has 0 amide bonds. The van der Waals surface area contributed by atoms with Gasteiger partial charge in [0.05, 0.1) is 17.6 Å². The first kappa shape index (κ1) is 16.1. The zero-order valence-electron chi connectivity index (χ0n) is 11.8. The van der Waals surface area contributed by atoms with Gasteiger partial charge in [0.15, 0.2) is 0 Å². The van der Waals surface area contributed by atoms with Crippen LogP contribution in [0.5, 0.6) is 0 Å². The summed E-state index contributed by atoms with van der Waals surface area (Å²) in [5.74, 6) is 0. The van der Waals surface area contributed by atoms with Crippen LogP contribution < -0.4 is 0 Å². The molecule has 0 N–H and O–H groups in total. The smallest absolute Gasteiger partial charge is 0.297 e. The normalized spacial score (nSPS) is 13.4. The molecule has 1 aromatic rings. The van der Waals surface area contributed by atoms with Gasteiger partial charge in [0.1, 0.15) is 0 Å². The maximum atomic E-state index is 11.9. The third-order valence-corrected chi connectivity index (χ3v) is 3.96. The lowest BCUT2D eigenvalue weighted by Crippen LogP contribution is -2.19. The van der Waals surface area contributed by atoms with E-state index in [1.807, 2.05) is 6.92 Å². The zero-order chi connectivity index (χ0) is 14.3. The predicted octanol–water partition coefficient (Wildman–Crippen LogP) is 2.91. The van der Waals surface area contributed by atoms with Crippen LogP contribution >= 0.6 is 0 Å². The van der Waals surface area contributed by atoms with Gasteiger partial charge < -0.3 is 4.74 Å². The Morgan fingerprint density at radius 1 is 1.21 bits per heavy atom. The van der Waals surface area contributed by atoms with Crippen molar-refractivity contribution in [1.29, 1.82) is 0 Å². The first-order chi connectivity index (χ1) is 8.95. The van der Waals surface area contributed by atoms with Crippen molar-refractivity contribution in [2.75, 3.05) is 13.2 Å². The minimum Gasteiger partial charge on any atom is -0.376 e. The van der Waals surface area contributed by atoms with Crippen molar-refractivity contribution in [3.05, 3.63) is 29.8 Å². The molecule has 0 radical (unpaired) electrons. The van der Waals surface area contributed by atoms with E-state index in [9.17, 15) is 8.42 Å². The Bertz CT molecular complexity index is 465. The molecule has 0 heterocycles. The van der Waals surface area contributed by atoms with Crippen LogP contribution in [0.1, 0.15) is 32.3 Å². The summed E-state index contributed by atoms with van der Waals surface area (Å²) in [6.07, 6.45) is 1.79. The molecule has 1 aromatic carbocycles. The third-order valence-electron chi connectivity index (χ3n) is 2.67. The summed E-state index contributed by atoms with van der Waals surface area (Å²) in [7, 11) is -3.68. The lowest BCUT2D eigenvalue weighted by Gasteiger charge is -2.13. The summed E-state index contributed by atoms with van der Waals surface area (Å²) in [6.45, 7) is 6.46. The van der Waals surface area contributed by atoms with Gasteiger partial charge in [-0.1, -0.05) is 31.0 Å². The summed E-state index contributed by atoms with van der Waals surface area (Å²) in [6, 6.07) is 6.59. The van der Waals surface area contributed by atoms with E-state index in [0.717, 1.165) is 18.4 Å². The van der Waals surface area contributed by atoms with Gasteiger partial charge in [0.25, 0.3) is 10.1 Å². The average molecular weight is 286 g/mol. The lowest BCUT2D eigenvalue weighted by molar-refractivity contribution is 0.0325. The molecule has 0 saturated heterocycles. The summed E-state index contributed by atoms with van der Waals surface area (Å²) in [5, 5.41) is 0. The van der Waals surface area contributed by atoms with Crippen molar-refractivity contribution in [2.24, 2.45) is 0 Å². The van der Waals surface area contributed by atoms with E-state index in [-0.39, 0.29) is 17.6 Å². The molecule has 0 aliphatic carbocycles. The van der Waals surface area contributed by atoms with Crippen LogP contribution in [0.15, 0.2) is 29.2 Å². The van der Waals surface area contributed by atoms with E-state index < -0.39 is 10.1 Å². The molecule has 4 nitrogen and oxygen atoms in total. The molecule has 19 heavy (non-hydrogen) atoms. The average Bonchev–Trinajstić information content (AvgIpc) is 2.37. The Labute approximate surface area is 115 Å². The second-order valence-corrected chi connectivity index (χ2v) is 6.20. The van der Waals surface area contributed by atoms with Gasteiger partial charge in [0.2, 0.25) is 0 Å². The van der Waals surface area contributed by atoms with Crippen molar-refractivity contribution in [2.45, 2.75) is 44.6 Å². The Hall–Kier alpha value is -0.910. The van der Waals surface area contributed by atoms with Gasteiger partial charge >= 0.3 is 0 Å². The second-order valence-electron chi connectivity index (χ2n) is 4.59. The molecular weight excluding hydrogens is 264 g/mol. The van der Waals surface area contributed by atoms with Crippen LogP contribution in [0.3, 0.4) is 0 Å². The molecule has 1 unspecified atom stereocenters. The number of ether oxygens (including phenoxy) is 1. The van der Waals surface area contributed by atoms with Gasteiger partial charge in [-0.15, -0.1) is 0 Å². The standard InChI is InChI=1S/C14H22O4S/c1-4-5-10-17-13(3)11-18-19(15,16)14-8-6-12(2)7-9-14/h6-9,13H,4-5,10-11H2,1-3H3. The quantitative estimate of drug-likeness (QED) is 0.544. The van der Waals surface area contributed by atoms with Crippen LogP contribution in [-0.2, 0) is 19.0 Å². The van der Waals surface area contributed by atoms with E-state index in [1.165, 1.54) is 0 Å². The van der Waals surface area contributed by atoms with Crippen LogP contribution in [0.2, 0.25) is 0 Å². The molecule has 0 aliphatic rings. The zero-order valence-corrected chi connectivity index (χ0v) is 12.6. The second kappa shape index (κ2) is 7.62. The molecule has 0 fully saturated rings. The van der Waals surface area contributed by atoms with Crippen molar-refractivity contribution in [3.8, 4) is 0 Å². The molecule has 108 valence electrons. The minimum atomic E-state index is -3.68. The summed E-state index contributed by atoms with van der Waals surface area (Å²) < 4.78 is 34.2. The van der Waals surface area contributed by atoms with Crippen molar-refractivity contribution < 1.29 is 17.3 Å². The fraction of sp³-hybridized carbons (Fsp3) is 0.571. The van der Waals surface area contributed by atoms with E-state index in [1.54, 1.807) is 31.2 Å². The number of hydrogen-bond acceptors (Lipinski definition) is 4. The maximum absolute atomic E-state index is 11.9. The van der Waals surface area contributed by atoms with Gasteiger partial charge in [-0.2, -0.15) is 8.42 Å². The summed E-state index contributed by atoms with van der Waals surface area (Å²) in [4.78, 5) is 0.179. The first-order valence-electron chi connectivity index (χ1n) is 6.53. The van der Waals surface area contributed by atoms with Crippen LogP contribution in [0, 0.1) is 6.92 Å². The highest BCUT2D eigenvalue weighted by molar-refractivity contribution is 7.86. The highest BCUT2D eigenvalue weighted by Gasteiger charge is 2.16. The van der Waals surface area contributed by atoms with Crippen LogP contribution in [0.4, 0.5) is 0 Å². The largest absolute Gasteiger partial charge is 0.376 e. The monoisotopic (exact) mass is 286 g/mol. The Morgan fingerprint density at radius 3 is 2.42 bits per heavy atom.